The van der Waals surface area contributed by atoms with Gasteiger partial charge in [0.05, 0.1) is 53.9 Å². The van der Waals surface area contributed by atoms with Gasteiger partial charge in [-0.05, 0) is 54.0 Å². The Hall–Kier alpha value is -3.98. The minimum atomic E-state index is -2.91. The molecule has 22 heteroatoms. The number of ketones is 2. The van der Waals surface area contributed by atoms with Crippen molar-refractivity contribution < 1.29 is 102 Å². The maximum atomic E-state index is 14.9. The zero-order valence-electron chi connectivity index (χ0n) is 40.2. The largest absolute Gasteiger partial charge is 0.507 e. The number of hydrogen-bond acceptors (Lipinski definition) is 21. The van der Waals surface area contributed by atoms with Gasteiger partial charge in [-0.15, -0.1) is 0 Å². The zero-order valence-corrected chi connectivity index (χ0v) is 40.2. The van der Waals surface area contributed by atoms with Crippen LogP contribution in [-0.4, -0.2) is 182 Å². The first-order chi connectivity index (χ1) is 32.8. The zero-order chi connectivity index (χ0) is 51.1. The predicted octanol–water partition coefficient (Wildman–Crippen LogP) is 0.938. The number of nitrogens with two attached hydrogens (primary N) is 1. The summed E-state index contributed by atoms with van der Waals surface area (Å²) in [5, 5.41) is 83.4. The number of aromatic hydroxyl groups is 1. The van der Waals surface area contributed by atoms with E-state index in [0.29, 0.717) is 18.4 Å². The Morgan fingerprint density at radius 3 is 2.07 bits per heavy atom. The quantitative estimate of drug-likeness (QED) is 0.119. The van der Waals surface area contributed by atoms with Crippen LogP contribution >= 0.6 is 0 Å². The SMILES string of the molecule is CO[C@@H]1C[C@@H](O[C@H]2C=C(C)C[C@]3(O)[C@@H](OC(C)=O)[C@@H](O)C4=C(C(=O)c5ccc([C@H]6C[C@@H](O[C@H]7C[C@](C)(O)[C@H](O[C@H]8CC[C@H](OC(N)=O)[C@@H](C)O8)[C@@H](C)O7)[C@H](O)[C@@H](C)O6)c(O)c5C4=O)[C@]23O)O[C@@H](C)[C@H]1O. The highest BCUT2D eigenvalue weighted by Crippen LogP contribution is 2.56. The van der Waals surface area contributed by atoms with Crippen molar-refractivity contribution >= 4 is 23.6 Å². The normalized spacial score (nSPS) is 44.1. The molecule has 0 aromatic heterocycles. The third kappa shape index (κ3) is 9.11. The number of fused-ring (bicyclic) bond motifs is 3. The molecule has 0 radical (unpaired) electrons. The number of amides is 1. The Morgan fingerprint density at radius 1 is 0.771 bits per heavy atom. The van der Waals surface area contributed by atoms with Crippen molar-refractivity contribution in [3.05, 3.63) is 51.6 Å². The summed E-state index contributed by atoms with van der Waals surface area (Å²) in [6, 6.07) is 2.57. The van der Waals surface area contributed by atoms with Crippen LogP contribution in [0.3, 0.4) is 0 Å². The van der Waals surface area contributed by atoms with Gasteiger partial charge in [0.1, 0.15) is 48.0 Å². The Balaban J connectivity index is 1.06. The maximum Gasteiger partial charge on any atom is 0.404 e. The molecule has 22 nitrogen and oxygen atoms in total. The minimum absolute atomic E-state index is 0.00666. The van der Waals surface area contributed by atoms with E-state index in [1.54, 1.807) is 41.5 Å². The van der Waals surface area contributed by atoms with Crippen LogP contribution in [0.25, 0.3) is 0 Å². The molecular weight excluding hydrogens is 927 g/mol. The Labute approximate surface area is 403 Å². The molecule has 4 aliphatic heterocycles. The number of phenolic OH excluding ortho intramolecular Hbond substituents is 1. The number of phenols is 1. The van der Waals surface area contributed by atoms with Gasteiger partial charge in [0.15, 0.2) is 42.1 Å². The molecule has 0 saturated carbocycles. The minimum Gasteiger partial charge on any atom is -0.507 e. The van der Waals surface area contributed by atoms with E-state index in [4.69, 9.17) is 53.1 Å². The number of aliphatic hydroxyl groups excluding tert-OH is 3. The molecule has 70 heavy (non-hydrogen) atoms. The molecule has 4 heterocycles. The van der Waals surface area contributed by atoms with Gasteiger partial charge in [-0.3, -0.25) is 14.4 Å². The number of aliphatic hydroxyl groups is 6. The number of carbonyl (C=O) groups excluding carboxylic acids is 4. The molecule has 8 rings (SSSR count). The van der Waals surface area contributed by atoms with Gasteiger partial charge in [-0.25, -0.2) is 4.79 Å². The summed E-state index contributed by atoms with van der Waals surface area (Å²) >= 11 is 0. The summed E-state index contributed by atoms with van der Waals surface area (Å²) < 4.78 is 59.0. The lowest BCUT2D eigenvalue weighted by Crippen LogP contribution is -2.76. The molecule has 20 atom stereocenters. The number of benzene rings is 1. The molecule has 388 valence electrons. The van der Waals surface area contributed by atoms with Crippen molar-refractivity contribution in [2.45, 2.75) is 208 Å². The van der Waals surface area contributed by atoms with E-state index in [0.717, 1.165) is 6.92 Å². The average molecular weight is 992 g/mol. The smallest absolute Gasteiger partial charge is 0.404 e. The molecule has 0 unspecified atom stereocenters. The van der Waals surface area contributed by atoms with Gasteiger partial charge < -0.3 is 88.8 Å². The van der Waals surface area contributed by atoms with Crippen molar-refractivity contribution in [1.29, 1.82) is 0 Å². The van der Waals surface area contributed by atoms with E-state index in [1.807, 2.05) is 0 Å². The number of hydrogen-bond donors (Lipinski definition) is 8. The van der Waals surface area contributed by atoms with E-state index < -0.39 is 179 Å². The van der Waals surface area contributed by atoms with E-state index >= 15 is 0 Å². The lowest BCUT2D eigenvalue weighted by Gasteiger charge is -2.58. The summed E-state index contributed by atoms with van der Waals surface area (Å²) in [6.07, 6.45) is -18.2. The second-order valence-electron chi connectivity index (χ2n) is 20.0. The number of ether oxygens (including phenoxy) is 10. The van der Waals surface area contributed by atoms with Gasteiger partial charge in [0.2, 0.25) is 0 Å². The van der Waals surface area contributed by atoms with Crippen LogP contribution < -0.4 is 5.73 Å². The van der Waals surface area contributed by atoms with Crippen LogP contribution in [0.15, 0.2) is 34.9 Å². The van der Waals surface area contributed by atoms with Gasteiger partial charge in [-0.1, -0.05) is 17.7 Å². The van der Waals surface area contributed by atoms with Crippen molar-refractivity contribution in [1.82, 2.24) is 0 Å². The van der Waals surface area contributed by atoms with Gasteiger partial charge in [0.25, 0.3) is 0 Å². The van der Waals surface area contributed by atoms with Gasteiger partial charge >= 0.3 is 12.1 Å². The standard InChI is InChI=1S/C48H65NO21/c1-18-13-30(69-32-15-28(61-8)37(51)21(4)64-32)48(60)36-35(42(56)44(66-23(6)50)47(48,59)16-18)41(55)34-25(40(36)54)10-9-24(39(34)53)27-14-29(38(52)20(3)62-27)67-33-17-46(7,58)43(22(5)65-33)70-31-12-11-26(19(2)63-31)68-45(49)57/h9-10,13,19-22,26-33,37-38,42-44,51-53,56,58-60H,11-12,14-17H2,1-8H3,(H2,49,57)/t19-,20-,21+,22-,26+,27-,28-,29-,30+,31+,32-,33+,37-,38-,42+,43-,44+,46+,47+,48-/m1/s1. The molecule has 0 spiro atoms. The van der Waals surface area contributed by atoms with E-state index in [9.17, 15) is 54.9 Å². The molecule has 4 fully saturated rings. The van der Waals surface area contributed by atoms with Gasteiger partial charge in [-0.2, -0.15) is 0 Å². The highest BCUT2D eigenvalue weighted by atomic mass is 16.7. The molecule has 4 saturated heterocycles. The highest BCUT2D eigenvalue weighted by molar-refractivity contribution is 6.29. The number of rotatable bonds is 10. The third-order valence-corrected chi connectivity index (χ3v) is 14.9. The van der Waals surface area contributed by atoms with Crippen LogP contribution in [0.2, 0.25) is 0 Å². The van der Waals surface area contributed by atoms with Crippen LogP contribution in [0.4, 0.5) is 4.79 Å². The van der Waals surface area contributed by atoms with Crippen LogP contribution in [-0.2, 0) is 52.2 Å². The molecule has 1 aromatic carbocycles. The highest BCUT2D eigenvalue weighted by Gasteiger charge is 2.71. The Kier molecular flexibility index (Phi) is 14.6. The van der Waals surface area contributed by atoms with Crippen molar-refractivity contribution in [2.24, 2.45) is 5.73 Å². The van der Waals surface area contributed by atoms with Crippen molar-refractivity contribution in [3.8, 4) is 5.75 Å². The molecule has 3 aliphatic carbocycles. The van der Waals surface area contributed by atoms with Crippen LogP contribution in [0, 0.1) is 0 Å². The molecule has 1 aromatic rings. The Bertz CT molecular complexity index is 2280. The lowest BCUT2D eigenvalue weighted by atomic mass is 9.55. The summed E-state index contributed by atoms with van der Waals surface area (Å²) in [6.45, 7) is 10.7. The molecule has 9 N–H and O–H groups in total. The summed E-state index contributed by atoms with van der Waals surface area (Å²) in [5.74, 6) is -3.92. The second kappa shape index (κ2) is 19.5. The third-order valence-electron chi connectivity index (χ3n) is 14.9. The first-order valence-electron chi connectivity index (χ1n) is 23.6. The summed E-state index contributed by atoms with van der Waals surface area (Å²) in [4.78, 5) is 53.8. The fourth-order valence-electron chi connectivity index (χ4n) is 11.5. The average Bonchev–Trinajstić information content (AvgIpc) is 3.26. The number of carbonyl (C=O) groups is 4. The second-order valence-corrected chi connectivity index (χ2v) is 20.0. The Morgan fingerprint density at radius 2 is 1.43 bits per heavy atom. The molecule has 0 bridgehead atoms. The summed E-state index contributed by atoms with van der Waals surface area (Å²) in [5.41, 5.74) is -4.03. The number of esters is 1. The first kappa shape index (κ1) is 52.3. The summed E-state index contributed by atoms with van der Waals surface area (Å²) in [7, 11) is 1.38. The number of methoxy groups -OCH3 is 1. The monoisotopic (exact) mass is 991 g/mol. The van der Waals surface area contributed by atoms with E-state index in [2.05, 4.69) is 0 Å². The maximum absolute atomic E-state index is 14.9. The number of Topliss-reactive ketones (excluding diaryl/α,β-unsaturated/α-hetero) is 2. The van der Waals surface area contributed by atoms with Crippen molar-refractivity contribution in [2.75, 3.05) is 7.11 Å². The number of primary amides is 1. The fraction of sp³-hybridized carbons (Fsp3) is 0.708. The lowest BCUT2D eigenvalue weighted by molar-refractivity contribution is -0.336. The molecular formula is C48H65NO21. The first-order valence-corrected chi connectivity index (χ1v) is 23.6. The van der Waals surface area contributed by atoms with E-state index in [-0.39, 0.29) is 24.8 Å². The predicted molar refractivity (Wildman–Crippen MR) is 236 cm³/mol. The molecule has 1 amide bonds. The fourth-order valence-corrected chi connectivity index (χ4v) is 11.5. The van der Waals surface area contributed by atoms with Crippen molar-refractivity contribution in [3.63, 3.8) is 0 Å². The van der Waals surface area contributed by atoms with Crippen LogP contribution in [0.5, 0.6) is 5.75 Å². The topological polar surface area (TPSA) is 328 Å². The molecule has 7 aliphatic rings. The van der Waals surface area contributed by atoms with Gasteiger partial charge in [0, 0.05) is 68.4 Å². The van der Waals surface area contributed by atoms with Crippen LogP contribution in [0.1, 0.15) is 119 Å². The van der Waals surface area contributed by atoms with E-state index in [1.165, 1.54) is 25.3 Å².